The van der Waals surface area contributed by atoms with Crippen LogP contribution in [0.25, 0.3) is 0 Å². The number of aliphatic hydroxyl groups excluding tert-OH is 1. The summed E-state index contributed by atoms with van der Waals surface area (Å²) in [6, 6.07) is 0. The minimum atomic E-state index is -3.99. The molecule has 0 radical (unpaired) electrons. The van der Waals surface area contributed by atoms with Gasteiger partial charge in [0.05, 0.1) is 0 Å². The molecular formula is C3H10NO4P. The lowest BCUT2D eigenvalue weighted by Crippen LogP contribution is -2.26. The van der Waals surface area contributed by atoms with Crippen molar-refractivity contribution < 1.29 is 19.5 Å². The van der Waals surface area contributed by atoms with Crippen LogP contribution in [-0.2, 0) is 4.57 Å². The zero-order valence-electron chi connectivity index (χ0n) is 4.98. The average Bonchev–Trinajstić information content (AvgIpc) is 1.59. The van der Waals surface area contributed by atoms with Crippen molar-refractivity contribution in [2.24, 2.45) is 0 Å². The molecular weight excluding hydrogens is 145 g/mol. The van der Waals surface area contributed by atoms with Gasteiger partial charge in [0.2, 0.25) is 0 Å². The highest BCUT2D eigenvalue weighted by atomic mass is 31.2. The van der Waals surface area contributed by atoms with Crippen molar-refractivity contribution in [1.82, 2.24) is 5.32 Å². The van der Waals surface area contributed by atoms with Gasteiger partial charge in [0.1, 0.15) is 12.5 Å². The zero-order chi connectivity index (χ0) is 7.49. The first kappa shape index (κ1) is 9.07. The van der Waals surface area contributed by atoms with Crippen molar-refractivity contribution in [1.29, 1.82) is 0 Å². The molecule has 0 unspecified atom stereocenters. The maximum atomic E-state index is 10.1. The van der Waals surface area contributed by atoms with Gasteiger partial charge in [-0.1, -0.05) is 0 Å². The SMILES string of the molecule is C[C@H](O)NCP(=O)(O)O. The molecule has 0 aromatic heterocycles. The van der Waals surface area contributed by atoms with Crippen LogP contribution in [-0.4, -0.2) is 27.4 Å². The van der Waals surface area contributed by atoms with Crippen LogP contribution in [0.4, 0.5) is 0 Å². The summed E-state index contributed by atoms with van der Waals surface area (Å²) in [7, 11) is -3.99. The smallest absolute Gasteiger partial charge is 0.339 e. The van der Waals surface area contributed by atoms with Gasteiger partial charge in [-0.15, -0.1) is 0 Å². The lowest BCUT2D eigenvalue weighted by atomic mass is 10.7. The van der Waals surface area contributed by atoms with Gasteiger partial charge in [-0.3, -0.25) is 9.88 Å². The Kier molecular flexibility index (Phi) is 3.32. The quantitative estimate of drug-likeness (QED) is 0.311. The van der Waals surface area contributed by atoms with Gasteiger partial charge >= 0.3 is 7.60 Å². The highest BCUT2D eigenvalue weighted by Gasteiger charge is 2.12. The Bertz CT molecular complexity index is 119. The first-order chi connectivity index (χ1) is 3.92. The number of nitrogens with one attached hydrogen (secondary N) is 1. The molecule has 4 N–H and O–H groups in total. The molecule has 0 aliphatic carbocycles. The summed E-state index contributed by atoms with van der Waals surface area (Å²) in [4.78, 5) is 16.4. The topological polar surface area (TPSA) is 89.8 Å². The summed E-state index contributed by atoms with van der Waals surface area (Å²) in [5.41, 5.74) is 0. The van der Waals surface area contributed by atoms with Crippen molar-refractivity contribution in [3.05, 3.63) is 0 Å². The van der Waals surface area contributed by atoms with Crippen LogP contribution in [0, 0.1) is 0 Å². The Balaban J connectivity index is 3.40. The molecule has 0 amide bonds. The second-order valence-electron chi connectivity index (χ2n) is 1.70. The molecule has 0 aromatic carbocycles. The third kappa shape index (κ3) is 8.07. The Hall–Kier alpha value is 0.0700. The second-order valence-corrected chi connectivity index (χ2v) is 3.35. The van der Waals surface area contributed by atoms with E-state index in [4.69, 9.17) is 14.9 Å². The molecule has 1 atom stereocenters. The van der Waals surface area contributed by atoms with E-state index >= 15 is 0 Å². The molecule has 0 bridgehead atoms. The molecule has 56 valence electrons. The lowest BCUT2D eigenvalue weighted by molar-refractivity contribution is 0.160. The van der Waals surface area contributed by atoms with Gasteiger partial charge in [0, 0.05) is 0 Å². The maximum Gasteiger partial charge on any atom is 0.339 e. The van der Waals surface area contributed by atoms with Gasteiger partial charge in [-0.2, -0.15) is 0 Å². The Morgan fingerprint density at radius 3 is 2.22 bits per heavy atom. The molecule has 0 heterocycles. The third-order valence-corrected chi connectivity index (χ3v) is 1.19. The van der Waals surface area contributed by atoms with Gasteiger partial charge < -0.3 is 14.9 Å². The van der Waals surface area contributed by atoms with E-state index < -0.39 is 20.1 Å². The predicted molar refractivity (Wildman–Crippen MR) is 31.7 cm³/mol. The Morgan fingerprint density at radius 2 is 2.11 bits per heavy atom. The number of aliphatic hydroxyl groups is 1. The summed E-state index contributed by atoms with van der Waals surface area (Å²) >= 11 is 0. The van der Waals surface area contributed by atoms with E-state index in [-0.39, 0.29) is 0 Å². The molecule has 9 heavy (non-hydrogen) atoms. The summed E-state index contributed by atoms with van der Waals surface area (Å²) in [5.74, 6) is 0. The predicted octanol–water partition coefficient (Wildman–Crippen LogP) is -0.951. The zero-order valence-corrected chi connectivity index (χ0v) is 5.88. The summed E-state index contributed by atoms with van der Waals surface area (Å²) in [6.07, 6.45) is -1.36. The van der Waals surface area contributed by atoms with Crippen LogP contribution in [0.2, 0.25) is 0 Å². The fraction of sp³-hybridized carbons (Fsp3) is 1.00. The van der Waals surface area contributed by atoms with Crippen LogP contribution in [0.5, 0.6) is 0 Å². The summed E-state index contributed by atoms with van der Waals surface area (Å²) in [6.45, 7) is 1.38. The molecule has 0 spiro atoms. The van der Waals surface area contributed by atoms with Crippen molar-refractivity contribution in [3.8, 4) is 0 Å². The van der Waals surface area contributed by atoms with Crippen LogP contribution >= 0.6 is 7.60 Å². The molecule has 0 rings (SSSR count). The number of rotatable bonds is 3. The highest BCUT2D eigenvalue weighted by Crippen LogP contribution is 2.31. The number of hydrogen-bond donors (Lipinski definition) is 4. The fourth-order valence-electron chi connectivity index (χ4n) is 0.251. The monoisotopic (exact) mass is 155 g/mol. The van der Waals surface area contributed by atoms with Crippen LogP contribution in [0.1, 0.15) is 6.92 Å². The highest BCUT2D eigenvalue weighted by molar-refractivity contribution is 7.51. The molecule has 0 aromatic rings. The van der Waals surface area contributed by atoms with Crippen molar-refractivity contribution in [2.75, 3.05) is 6.29 Å². The average molecular weight is 155 g/mol. The van der Waals surface area contributed by atoms with E-state index in [1.54, 1.807) is 0 Å². The first-order valence-electron chi connectivity index (χ1n) is 2.38. The van der Waals surface area contributed by atoms with E-state index in [9.17, 15) is 4.57 Å². The fourth-order valence-corrected chi connectivity index (χ4v) is 0.753. The van der Waals surface area contributed by atoms with E-state index in [1.165, 1.54) is 6.92 Å². The first-order valence-corrected chi connectivity index (χ1v) is 4.17. The maximum absolute atomic E-state index is 10.1. The third-order valence-electron chi connectivity index (χ3n) is 0.593. The Morgan fingerprint density at radius 1 is 1.67 bits per heavy atom. The van der Waals surface area contributed by atoms with Gasteiger partial charge in [0.15, 0.2) is 0 Å². The normalized spacial score (nSPS) is 15.6. The van der Waals surface area contributed by atoms with E-state index in [1.807, 2.05) is 0 Å². The molecule has 0 saturated carbocycles. The van der Waals surface area contributed by atoms with Gasteiger partial charge in [-0.05, 0) is 6.92 Å². The summed E-state index contributed by atoms with van der Waals surface area (Å²) < 4.78 is 10.1. The lowest BCUT2D eigenvalue weighted by Gasteiger charge is -2.07. The van der Waals surface area contributed by atoms with E-state index in [0.29, 0.717) is 0 Å². The van der Waals surface area contributed by atoms with Crippen molar-refractivity contribution >= 4 is 7.60 Å². The van der Waals surface area contributed by atoms with Crippen molar-refractivity contribution in [2.45, 2.75) is 13.2 Å². The molecule has 5 nitrogen and oxygen atoms in total. The second kappa shape index (κ2) is 3.29. The largest absolute Gasteiger partial charge is 0.379 e. The van der Waals surface area contributed by atoms with Gasteiger partial charge in [0.25, 0.3) is 0 Å². The molecule has 6 heteroatoms. The molecule has 0 aliphatic rings. The van der Waals surface area contributed by atoms with Crippen molar-refractivity contribution in [3.63, 3.8) is 0 Å². The number of hydrogen-bond acceptors (Lipinski definition) is 3. The standard InChI is InChI=1S/C3H10NO4P/c1-3(5)4-2-9(6,7)8/h3-5H,2H2,1H3,(H2,6,7,8)/t3-/m0/s1. The van der Waals surface area contributed by atoms with Crippen LogP contribution in [0.15, 0.2) is 0 Å². The molecule has 0 aliphatic heterocycles. The minimum absolute atomic E-state index is 0.481. The summed E-state index contributed by atoms with van der Waals surface area (Å²) in [5, 5.41) is 10.6. The van der Waals surface area contributed by atoms with Gasteiger partial charge in [-0.25, -0.2) is 0 Å². The Labute approximate surface area is 52.9 Å². The van der Waals surface area contributed by atoms with E-state index in [0.717, 1.165) is 0 Å². The van der Waals surface area contributed by atoms with Crippen LogP contribution < -0.4 is 5.32 Å². The molecule has 0 fully saturated rings. The minimum Gasteiger partial charge on any atom is -0.379 e. The van der Waals surface area contributed by atoms with Crippen LogP contribution in [0.3, 0.4) is 0 Å². The van der Waals surface area contributed by atoms with E-state index in [2.05, 4.69) is 5.32 Å². The molecule has 0 saturated heterocycles.